The second-order valence-electron chi connectivity index (χ2n) is 8.05. The van der Waals surface area contributed by atoms with E-state index >= 15 is 0 Å². The highest BCUT2D eigenvalue weighted by molar-refractivity contribution is 6.35. The maximum atomic E-state index is 12.0. The molecule has 2 N–H and O–H groups in total. The van der Waals surface area contributed by atoms with E-state index in [1.807, 2.05) is 0 Å². The number of amides is 1. The van der Waals surface area contributed by atoms with Crippen molar-refractivity contribution in [3.05, 3.63) is 20.8 Å². The number of halogens is 1. The Morgan fingerprint density at radius 1 is 0.900 bits per heavy atom. The van der Waals surface area contributed by atoms with Crippen LogP contribution in [-0.4, -0.2) is 27.6 Å². The largest absolute Gasteiger partial charge is 0.362 e. The molecule has 172 valence electrons. The second kappa shape index (κ2) is 17.1. The molecule has 0 saturated carbocycles. The average molecular weight is 443 g/mol. The molecule has 0 radical (unpaired) electrons. The Morgan fingerprint density at radius 3 is 1.73 bits per heavy atom. The molecule has 0 spiro atoms. The normalized spacial score (nSPS) is 11.0. The van der Waals surface area contributed by atoms with Crippen LogP contribution in [0.3, 0.4) is 0 Å². The molecule has 1 rings (SSSR count). The van der Waals surface area contributed by atoms with Crippen molar-refractivity contribution in [2.24, 2.45) is 0 Å². The van der Waals surface area contributed by atoms with Crippen LogP contribution in [0, 0.1) is 10.1 Å². The molecule has 7 nitrogen and oxygen atoms in total. The van der Waals surface area contributed by atoms with Crippen molar-refractivity contribution in [2.75, 3.05) is 6.54 Å². The lowest BCUT2D eigenvalue weighted by Crippen LogP contribution is -2.25. The lowest BCUT2D eigenvalue weighted by atomic mass is 10.0. The van der Waals surface area contributed by atoms with Crippen LogP contribution in [0.25, 0.3) is 0 Å². The summed E-state index contributed by atoms with van der Waals surface area (Å²) in [7, 11) is 0. The molecule has 1 aromatic rings. The van der Waals surface area contributed by atoms with E-state index in [0.717, 1.165) is 12.8 Å². The van der Waals surface area contributed by atoms with Gasteiger partial charge in [0.05, 0.1) is 0 Å². The van der Waals surface area contributed by atoms with Gasteiger partial charge in [-0.1, -0.05) is 120 Å². The minimum atomic E-state index is -0.693. The van der Waals surface area contributed by atoms with Crippen LogP contribution in [0.4, 0.5) is 5.82 Å². The first-order valence-electron chi connectivity index (χ1n) is 11.7. The molecule has 0 atom stereocenters. The van der Waals surface area contributed by atoms with E-state index in [1.54, 1.807) is 0 Å². The number of nitrogens with one attached hydrogen (secondary N) is 2. The van der Waals surface area contributed by atoms with Crippen LogP contribution in [0.15, 0.2) is 0 Å². The fourth-order valence-electron chi connectivity index (χ4n) is 3.55. The van der Waals surface area contributed by atoms with Crippen LogP contribution in [0.1, 0.15) is 120 Å². The van der Waals surface area contributed by atoms with E-state index in [0.29, 0.717) is 6.54 Å². The summed E-state index contributed by atoms with van der Waals surface area (Å²) in [5.41, 5.74) is -0.125. The number of nitro groups is 1. The second-order valence-corrected chi connectivity index (χ2v) is 8.43. The zero-order valence-corrected chi connectivity index (χ0v) is 19.3. The topological polar surface area (TPSA) is 101 Å². The molecular formula is C22H39ClN4O3. The van der Waals surface area contributed by atoms with Crippen molar-refractivity contribution in [1.82, 2.24) is 15.5 Å². The first kappa shape index (κ1) is 26.4. The highest BCUT2D eigenvalue weighted by Gasteiger charge is 2.24. The monoisotopic (exact) mass is 442 g/mol. The van der Waals surface area contributed by atoms with Crippen LogP contribution < -0.4 is 5.32 Å². The molecule has 1 amide bonds. The van der Waals surface area contributed by atoms with E-state index < -0.39 is 16.6 Å². The minimum absolute atomic E-state index is 0.125. The summed E-state index contributed by atoms with van der Waals surface area (Å²) < 4.78 is 0. The minimum Gasteiger partial charge on any atom is -0.358 e. The number of aromatic amines is 1. The number of hydrogen-bond donors (Lipinski definition) is 2. The maximum Gasteiger partial charge on any atom is 0.362 e. The molecule has 0 unspecified atom stereocenters. The van der Waals surface area contributed by atoms with Crippen LogP contribution >= 0.6 is 11.6 Å². The molecule has 0 bridgehead atoms. The summed E-state index contributed by atoms with van der Waals surface area (Å²) in [6.45, 7) is 2.78. The smallest absolute Gasteiger partial charge is 0.358 e. The zero-order valence-electron chi connectivity index (χ0n) is 18.5. The molecule has 30 heavy (non-hydrogen) atoms. The summed E-state index contributed by atoms with van der Waals surface area (Å²) in [6, 6.07) is 0. The number of rotatable bonds is 19. The summed E-state index contributed by atoms with van der Waals surface area (Å²) in [6.07, 6.45) is 20.8. The summed E-state index contributed by atoms with van der Waals surface area (Å²) >= 11 is 5.80. The standard InChI is InChI=1S/C22H39ClN4O3/c1-2-3-4-5-6-7-8-9-10-11-12-13-14-15-16-17-18-24-22(28)20-19(23)21(26-25-20)27(29)30/h2-18H2,1H3,(H,24,28)(H,25,26). The van der Waals surface area contributed by atoms with Crippen molar-refractivity contribution < 1.29 is 9.72 Å². The number of carbonyl (C=O) groups is 1. The van der Waals surface area contributed by atoms with E-state index in [9.17, 15) is 14.9 Å². The maximum absolute atomic E-state index is 12.0. The van der Waals surface area contributed by atoms with Crippen molar-refractivity contribution in [2.45, 2.75) is 110 Å². The van der Waals surface area contributed by atoms with Gasteiger partial charge in [0.15, 0.2) is 10.7 Å². The summed E-state index contributed by atoms with van der Waals surface area (Å²) in [4.78, 5) is 22.0. The molecule has 1 aromatic heterocycles. The van der Waals surface area contributed by atoms with E-state index in [1.165, 1.54) is 89.9 Å². The van der Waals surface area contributed by atoms with Gasteiger partial charge in [-0.3, -0.25) is 4.79 Å². The Kier molecular flexibility index (Phi) is 15.0. The third-order valence-corrected chi connectivity index (χ3v) is 5.76. The van der Waals surface area contributed by atoms with E-state index in [2.05, 4.69) is 22.4 Å². The van der Waals surface area contributed by atoms with Gasteiger partial charge in [-0.05, 0) is 11.3 Å². The number of unbranched alkanes of at least 4 members (excludes halogenated alkanes) is 15. The SMILES string of the molecule is CCCCCCCCCCCCCCCCCCNC(=O)c1n[nH]c([N+](=O)[O-])c1Cl. The molecule has 0 aliphatic heterocycles. The Bertz CT molecular complexity index is 607. The Hall–Kier alpha value is -1.63. The van der Waals surface area contributed by atoms with Gasteiger partial charge in [-0.25, -0.2) is 0 Å². The zero-order chi connectivity index (χ0) is 22.0. The van der Waals surface area contributed by atoms with Gasteiger partial charge in [-0.2, -0.15) is 0 Å². The molecule has 0 aromatic carbocycles. The predicted octanol–water partition coefficient (Wildman–Crippen LogP) is 6.96. The molecule has 0 aliphatic carbocycles. The number of hydrogen-bond acceptors (Lipinski definition) is 4. The number of carbonyl (C=O) groups excluding carboxylic acids is 1. The molecule has 8 heteroatoms. The molecule has 0 fully saturated rings. The third-order valence-electron chi connectivity index (χ3n) is 5.40. The van der Waals surface area contributed by atoms with Gasteiger partial charge in [0, 0.05) is 6.54 Å². The molecular weight excluding hydrogens is 404 g/mol. The van der Waals surface area contributed by atoms with Crippen molar-refractivity contribution in [3.63, 3.8) is 0 Å². The number of H-pyrrole nitrogens is 1. The average Bonchev–Trinajstić information content (AvgIpc) is 3.12. The fraction of sp³-hybridized carbons (Fsp3) is 0.818. The fourth-order valence-corrected chi connectivity index (χ4v) is 3.79. The van der Waals surface area contributed by atoms with Crippen molar-refractivity contribution >= 4 is 23.3 Å². The van der Waals surface area contributed by atoms with Gasteiger partial charge in [0.2, 0.25) is 0 Å². The molecule has 1 heterocycles. The van der Waals surface area contributed by atoms with Gasteiger partial charge in [0.1, 0.15) is 0 Å². The van der Waals surface area contributed by atoms with E-state index in [4.69, 9.17) is 11.6 Å². The third kappa shape index (κ3) is 11.5. The highest BCUT2D eigenvalue weighted by Crippen LogP contribution is 2.24. The lowest BCUT2D eigenvalue weighted by Gasteiger charge is -2.04. The molecule has 0 aliphatic rings. The first-order valence-corrected chi connectivity index (χ1v) is 12.1. The Morgan fingerprint density at radius 2 is 1.33 bits per heavy atom. The summed E-state index contributed by atoms with van der Waals surface area (Å²) in [5.74, 6) is -0.936. The highest BCUT2D eigenvalue weighted by atomic mass is 35.5. The van der Waals surface area contributed by atoms with Gasteiger partial charge in [-0.15, -0.1) is 5.10 Å². The van der Waals surface area contributed by atoms with Gasteiger partial charge >= 0.3 is 5.82 Å². The Labute approximate surface area is 185 Å². The quantitative estimate of drug-likeness (QED) is 0.137. The molecule has 0 saturated heterocycles. The number of aromatic nitrogens is 2. The van der Waals surface area contributed by atoms with Crippen LogP contribution in [0.2, 0.25) is 5.02 Å². The van der Waals surface area contributed by atoms with Crippen LogP contribution in [0.5, 0.6) is 0 Å². The lowest BCUT2D eigenvalue weighted by molar-refractivity contribution is -0.389. The van der Waals surface area contributed by atoms with Gasteiger partial charge < -0.3 is 15.4 Å². The van der Waals surface area contributed by atoms with Gasteiger partial charge in [0.25, 0.3) is 5.91 Å². The van der Waals surface area contributed by atoms with Crippen molar-refractivity contribution in [1.29, 1.82) is 0 Å². The summed E-state index contributed by atoms with van der Waals surface area (Å²) in [5, 5.41) is 19.0. The van der Waals surface area contributed by atoms with Crippen LogP contribution in [-0.2, 0) is 0 Å². The number of nitrogens with zero attached hydrogens (tertiary/aromatic N) is 2. The van der Waals surface area contributed by atoms with E-state index in [-0.39, 0.29) is 10.7 Å². The Balaban J connectivity index is 1.88. The van der Waals surface area contributed by atoms with Crippen molar-refractivity contribution in [3.8, 4) is 0 Å². The first-order chi connectivity index (χ1) is 14.6. The predicted molar refractivity (Wildman–Crippen MR) is 122 cm³/mol.